The molecule has 0 saturated heterocycles. The highest BCUT2D eigenvalue weighted by molar-refractivity contribution is 9.09. The van der Waals surface area contributed by atoms with E-state index in [0.717, 1.165) is 0 Å². The number of nitrogens with zero attached hydrogens (tertiary/aromatic N) is 3. The van der Waals surface area contributed by atoms with Crippen molar-refractivity contribution in [3.63, 3.8) is 0 Å². The quantitative estimate of drug-likeness (QED) is 0.207. The van der Waals surface area contributed by atoms with Crippen LogP contribution in [0, 0.1) is 0 Å². The zero-order chi connectivity index (χ0) is 19.9. The molecule has 1 heterocycles. The summed E-state index contributed by atoms with van der Waals surface area (Å²) in [7, 11) is 0. The molecule has 0 aromatic carbocycles. The van der Waals surface area contributed by atoms with Crippen molar-refractivity contribution in [3.05, 3.63) is 11.9 Å². The molecule has 4 N–H and O–H groups in total. The second kappa shape index (κ2) is 14.5. The van der Waals surface area contributed by atoms with E-state index in [1.54, 1.807) is 10.9 Å². The summed E-state index contributed by atoms with van der Waals surface area (Å²) in [5, 5.41) is 19.5. The number of hydrogen-bond acceptors (Lipinski definition) is 8. The molecular formula is C15H26BrN5O6. The van der Waals surface area contributed by atoms with Crippen LogP contribution in [-0.4, -0.2) is 89.5 Å². The molecule has 27 heavy (non-hydrogen) atoms. The molecule has 0 saturated carbocycles. The molecule has 12 heteroatoms. The van der Waals surface area contributed by atoms with E-state index < -0.39 is 12.0 Å². The van der Waals surface area contributed by atoms with E-state index in [1.165, 1.54) is 0 Å². The Kier molecular flexibility index (Phi) is 12.6. The second-order valence-electron chi connectivity index (χ2n) is 5.44. The summed E-state index contributed by atoms with van der Waals surface area (Å²) < 4.78 is 17.7. The zero-order valence-corrected chi connectivity index (χ0v) is 16.6. The molecule has 0 spiro atoms. The van der Waals surface area contributed by atoms with Gasteiger partial charge in [0, 0.05) is 19.2 Å². The number of aliphatic carboxylic acids is 1. The van der Waals surface area contributed by atoms with Crippen LogP contribution in [0.4, 0.5) is 0 Å². The van der Waals surface area contributed by atoms with Gasteiger partial charge in [0.1, 0.15) is 6.04 Å². The van der Waals surface area contributed by atoms with Crippen LogP contribution < -0.4 is 11.1 Å². The van der Waals surface area contributed by atoms with Crippen molar-refractivity contribution in [1.29, 1.82) is 0 Å². The number of alkyl halides is 1. The van der Waals surface area contributed by atoms with Gasteiger partial charge < -0.3 is 30.4 Å². The number of amides is 1. The van der Waals surface area contributed by atoms with E-state index >= 15 is 0 Å². The molecule has 0 bridgehead atoms. The van der Waals surface area contributed by atoms with Gasteiger partial charge in [0.2, 0.25) is 5.91 Å². The molecule has 1 atom stereocenters. The number of carboxylic acids is 1. The van der Waals surface area contributed by atoms with Crippen molar-refractivity contribution < 1.29 is 28.9 Å². The minimum absolute atomic E-state index is 0.0713. The Morgan fingerprint density at radius 2 is 1.81 bits per heavy atom. The van der Waals surface area contributed by atoms with E-state index in [2.05, 4.69) is 31.6 Å². The first-order chi connectivity index (χ1) is 13.0. The first-order valence-corrected chi connectivity index (χ1v) is 9.58. The Bertz CT molecular complexity index is 559. The van der Waals surface area contributed by atoms with Crippen LogP contribution in [0.5, 0.6) is 0 Å². The molecule has 0 aliphatic heterocycles. The summed E-state index contributed by atoms with van der Waals surface area (Å²) >= 11 is 3.05. The van der Waals surface area contributed by atoms with Gasteiger partial charge in [-0.3, -0.25) is 9.59 Å². The fourth-order valence-corrected chi connectivity index (χ4v) is 2.06. The van der Waals surface area contributed by atoms with Gasteiger partial charge in [0.15, 0.2) is 0 Å². The number of aromatic nitrogens is 3. The first kappa shape index (κ1) is 23.4. The van der Waals surface area contributed by atoms with Gasteiger partial charge in [-0.15, -0.1) is 5.10 Å². The van der Waals surface area contributed by atoms with Gasteiger partial charge in [-0.1, -0.05) is 21.1 Å². The maximum Gasteiger partial charge on any atom is 0.320 e. The van der Waals surface area contributed by atoms with Gasteiger partial charge in [-0.05, 0) is 0 Å². The summed E-state index contributed by atoms with van der Waals surface area (Å²) in [6.45, 7) is 3.62. The largest absolute Gasteiger partial charge is 0.480 e. The second-order valence-corrected chi connectivity index (χ2v) is 6.00. The third kappa shape index (κ3) is 11.7. The molecule has 0 aliphatic carbocycles. The first-order valence-electron chi connectivity index (χ1n) is 8.46. The molecule has 0 aliphatic rings. The van der Waals surface area contributed by atoms with E-state index in [-0.39, 0.29) is 17.7 Å². The molecule has 11 nitrogen and oxygen atoms in total. The molecule has 1 aromatic heterocycles. The molecule has 154 valence electrons. The number of nitrogens with one attached hydrogen (secondary N) is 1. The van der Waals surface area contributed by atoms with E-state index in [4.69, 9.17) is 25.1 Å². The predicted molar refractivity (Wildman–Crippen MR) is 98.6 cm³/mol. The highest BCUT2D eigenvalue weighted by Crippen LogP contribution is 1.98. The van der Waals surface area contributed by atoms with Crippen molar-refractivity contribution in [2.45, 2.75) is 19.0 Å². The highest BCUT2D eigenvalue weighted by atomic mass is 79.9. The monoisotopic (exact) mass is 451 g/mol. The van der Waals surface area contributed by atoms with Crippen LogP contribution in [0.25, 0.3) is 0 Å². The fourth-order valence-electron chi connectivity index (χ4n) is 1.86. The van der Waals surface area contributed by atoms with Crippen LogP contribution in [0.3, 0.4) is 0 Å². The normalized spacial score (nSPS) is 12.1. The predicted octanol–water partition coefficient (Wildman–Crippen LogP) is -1.21. The van der Waals surface area contributed by atoms with Gasteiger partial charge in [-0.2, -0.15) is 0 Å². The van der Waals surface area contributed by atoms with Crippen LogP contribution in [-0.2, 0) is 36.8 Å². The third-order valence-electron chi connectivity index (χ3n) is 3.23. The lowest BCUT2D eigenvalue weighted by Gasteiger charge is -2.07. The molecule has 1 rings (SSSR count). The molecule has 1 aromatic rings. The summed E-state index contributed by atoms with van der Waals surface area (Å²) in [4.78, 5) is 21.6. The fraction of sp³-hybridized carbons (Fsp3) is 0.733. The molecule has 1 amide bonds. The summed E-state index contributed by atoms with van der Waals surface area (Å²) in [5.74, 6) is -1.14. The Morgan fingerprint density at radius 3 is 2.44 bits per heavy atom. The summed E-state index contributed by atoms with van der Waals surface area (Å²) in [5.41, 5.74) is 5.97. The zero-order valence-electron chi connectivity index (χ0n) is 15.0. The smallest absolute Gasteiger partial charge is 0.320 e. The van der Waals surface area contributed by atoms with Crippen molar-refractivity contribution in [2.24, 2.45) is 5.73 Å². The summed E-state index contributed by atoms with van der Waals surface area (Å²) in [6.07, 6.45) is 1.79. The maximum atomic E-state index is 10.9. The van der Waals surface area contributed by atoms with Crippen molar-refractivity contribution in [3.8, 4) is 0 Å². The minimum Gasteiger partial charge on any atom is -0.480 e. The van der Waals surface area contributed by atoms with Crippen molar-refractivity contribution in [1.82, 2.24) is 20.3 Å². The van der Waals surface area contributed by atoms with Gasteiger partial charge in [0.25, 0.3) is 0 Å². The number of carbonyl (C=O) groups is 2. The Labute approximate surface area is 165 Å². The molecule has 0 fully saturated rings. The topological polar surface area (TPSA) is 151 Å². The lowest BCUT2D eigenvalue weighted by molar-refractivity contribution is -0.138. The molecule has 0 radical (unpaired) electrons. The van der Waals surface area contributed by atoms with Gasteiger partial charge in [0.05, 0.1) is 57.2 Å². The lowest BCUT2D eigenvalue weighted by atomic mass is 10.2. The number of nitrogens with two attached hydrogens (primary N) is 1. The molecule has 0 unspecified atom stereocenters. The number of carbonyl (C=O) groups excluding carboxylic acids is 1. The van der Waals surface area contributed by atoms with Gasteiger partial charge >= 0.3 is 5.97 Å². The van der Waals surface area contributed by atoms with Crippen LogP contribution >= 0.6 is 15.9 Å². The number of ether oxygens (including phenoxy) is 3. The SMILES string of the molecule is N[C@@H](Cc1cn(CCOCCOCCOCCNC(=O)CBr)nn1)C(=O)O. The minimum atomic E-state index is -1.07. The third-order valence-corrected chi connectivity index (χ3v) is 3.74. The standard InChI is InChI=1S/C15H26BrN5O6/c16-10-14(22)18-1-3-25-5-7-27-8-6-26-4-2-21-11-12(19-20-21)9-13(17)15(23)24/h11,13H,1-10,17H2,(H,18,22)(H,23,24)/t13-/m0/s1. The number of hydrogen-bond donors (Lipinski definition) is 3. The maximum absolute atomic E-state index is 10.9. The summed E-state index contributed by atoms with van der Waals surface area (Å²) in [6, 6.07) is -0.986. The van der Waals surface area contributed by atoms with E-state index in [0.29, 0.717) is 58.4 Å². The Balaban J connectivity index is 1.92. The molecular weight excluding hydrogens is 426 g/mol. The van der Waals surface area contributed by atoms with Crippen molar-refractivity contribution >= 4 is 27.8 Å². The van der Waals surface area contributed by atoms with Crippen LogP contribution in [0.2, 0.25) is 0 Å². The number of rotatable bonds is 16. The van der Waals surface area contributed by atoms with Crippen molar-refractivity contribution in [2.75, 3.05) is 51.5 Å². The lowest BCUT2D eigenvalue weighted by Crippen LogP contribution is -2.32. The highest BCUT2D eigenvalue weighted by Gasteiger charge is 2.14. The van der Waals surface area contributed by atoms with Crippen LogP contribution in [0.1, 0.15) is 5.69 Å². The Hall–Kier alpha value is -1.60. The Morgan fingerprint density at radius 1 is 1.19 bits per heavy atom. The van der Waals surface area contributed by atoms with E-state index in [9.17, 15) is 9.59 Å². The average molecular weight is 452 g/mol. The average Bonchev–Trinajstić information content (AvgIpc) is 3.09. The number of carboxylic acid groups (broad SMARTS) is 1. The van der Waals surface area contributed by atoms with E-state index in [1.807, 2.05) is 0 Å². The van der Waals surface area contributed by atoms with Crippen LogP contribution in [0.15, 0.2) is 6.20 Å². The van der Waals surface area contributed by atoms with Gasteiger partial charge in [-0.25, -0.2) is 4.68 Å². The number of halogens is 1.